The highest BCUT2D eigenvalue weighted by Gasteiger charge is 2.40. The van der Waals surface area contributed by atoms with E-state index in [4.69, 9.17) is 11.6 Å². The standard InChI is InChI=1S/C29H32ClN3O2/c1-19-16-22(30)18-31-25(19)28(35)33-15-9-14-24(26(33)20-10-6-5-7-11-20)27(34)32-23-13-8-12-21(17-23)29(2,3)4/h5-8,10-13,16-18,24,26H,9,14-15H2,1-4H3,(H,32,34)/t24-,26?/m0/s1. The third-order valence-corrected chi connectivity index (χ3v) is 6.82. The molecule has 1 fully saturated rings. The van der Waals surface area contributed by atoms with Gasteiger partial charge < -0.3 is 10.2 Å². The Morgan fingerprint density at radius 2 is 1.80 bits per heavy atom. The van der Waals surface area contributed by atoms with Gasteiger partial charge in [-0.3, -0.25) is 9.59 Å². The van der Waals surface area contributed by atoms with Gasteiger partial charge in [0.2, 0.25) is 5.91 Å². The summed E-state index contributed by atoms with van der Waals surface area (Å²) in [5.74, 6) is -0.649. The van der Waals surface area contributed by atoms with E-state index in [-0.39, 0.29) is 29.2 Å². The van der Waals surface area contributed by atoms with Crippen molar-refractivity contribution in [2.45, 2.75) is 52.0 Å². The number of piperidine rings is 1. The van der Waals surface area contributed by atoms with E-state index in [1.54, 1.807) is 11.0 Å². The van der Waals surface area contributed by atoms with Gasteiger partial charge in [0.15, 0.2) is 0 Å². The third-order valence-electron chi connectivity index (χ3n) is 6.61. The van der Waals surface area contributed by atoms with Crippen LogP contribution in [0.2, 0.25) is 5.02 Å². The van der Waals surface area contributed by atoms with Crippen molar-refractivity contribution in [2.24, 2.45) is 5.92 Å². The zero-order chi connectivity index (χ0) is 25.2. The van der Waals surface area contributed by atoms with Crippen molar-refractivity contribution in [1.82, 2.24) is 9.88 Å². The van der Waals surface area contributed by atoms with Crippen LogP contribution in [0.4, 0.5) is 5.69 Å². The maximum absolute atomic E-state index is 13.7. The highest BCUT2D eigenvalue weighted by atomic mass is 35.5. The summed E-state index contributed by atoms with van der Waals surface area (Å²) < 4.78 is 0. The van der Waals surface area contributed by atoms with Gasteiger partial charge in [-0.1, -0.05) is 74.8 Å². The van der Waals surface area contributed by atoms with Crippen LogP contribution in [0, 0.1) is 12.8 Å². The molecule has 1 saturated heterocycles. The van der Waals surface area contributed by atoms with Crippen LogP contribution in [0.3, 0.4) is 0 Å². The van der Waals surface area contributed by atoms with Crippen LogP contribution in [0.5, 0.6) is 0 Å². The number of nitrogens with one attached hydrogen (secondary N) is 1. The summed E-state index contributed by atoms with van der Waals surface area (Å²) >= 11 is 6.07. The van der Waals surface area contributed by atoms with Crippen LogP contribution >= 0.6 is 11.6 Å². The van der Waals surface area contributed by atoms with Gasteiger partial charge in [-0.05, 0) is 60.1 Å². The smallest absolute Gasteiger partial charge is 0.273 e. The molecule has 5 nitrogen and oxygen atoms in total. The van der Waals surface area contributed by atoms with E-state index < -0.39 is 0 Å². The number of aryl methyl sites for hydroxylation is 1. The molecule has 2 heterocycles. The summed E-state index contributed by atoms with van der Waals surface area (Å²) in [5.41, 5.74) is 3.93. The molecule has 0 aliphatic carbocycles. The zero-order valence-corrected chi connectivity index (χ0v) is 21.5. The Morgan fingerprint density at radius 3 is 2.49 bits per heavy atom. The number of halogens is 1. The average molecular weight is 490 g/mol. The van der Waals surface area contributed by atoms with Crippen LogP contribution < -0.4 is 5.32 Å². The molecule has 1 aliphatic heterocycles. The fourth-order valence-electron chi connectivity index (χ4n) is 4.76. The van der Waals surface area contributed by atoms with Gasteiger partial charge in [0.05, 0.1) is 17.0 Å². The molecule has 3 aromatic rings. The Hall–Kier alpha value is -3.18. The molecule has 2 atom stereocenters. The first kappa shape index (κ1) is 24.9. The zero-order valence-electron chi connectivity index (χ0n) is 20.7. The van der Waals surface area contributed by atoms with Crippen LogP contribution in [0.15, 0.2) is 66.9 Å². The summed E-state index contributed by atoms with van der Waals surface area (Å²) in [6.07, 6.45) is 2.93. The molecule has 35 heavy (non-hydrogen) atoms. The van der Waals surface area contributed by atoms with E-state index in [9.17, 15) is 9.59 Å². The minimum atomic E-state index is -0.389. The number of aromatic nitrogens is 1. The van der Waals surface area contributed by atoms with E-state index in [1.807, 2.05) is 55.5 Å². The predicted molar refractivity (Wildman–Crippen MR) is 141 cm³/mol. The maximum Gasteiger partial charge on any atom is 0.273 e. The number of hydrogen-bond donors (Lipinski definition) is 1. The first-order valence-electron chi connectivity index (χ1n) is 12.0. The van der Waals surface area contributed by atoms with E-state index in [2.05, 4.69) is 37.1 Å². The SMILES string of the molecule is Cc1cc(Cl)cnc1C(=O)N1CCC[C@H](C(=O)Nc2cccc(C(C)(C)C)c2)C1c1ccccc1. The molecule has 6 heteroatoms. The minimum Gasteiger partial charge on any atom is -0.329 e. The van der Waals surface area contributed by atoms with E-state index in [1.165, 1.54) is 6.20 Å². The van der Waals surface area contributed by atoms with Gasteiger partial charge >= 0.3 is 0 Å². The molecule has 1 aromatic heterocycles. The lowest BCUT2D eigenvalue weighted by atomic mass is 9.83. The summed E-state index contributed by atoms with van der Waals surface area (Å²) in [5, 5.41) is 3.62. The van der Waals surface area contributed by atoms with E-state index >= 15 is 0 Å². The molecule has 2 aromatic carbocycles. The Morgan fingerprint density at radius 1 is 1.06 bits per heavy atom. The third kappa shape index (κ3) is 5.57. The minimum absolute atomic E-state index is 0.0230. The predicted octanol–water partition coefficient (Wildman–Crippen LogP) is 6.57. The van der Waals surface area contributed by atoms with Crippen LogP contribution in [-0.4, -0.2) is 28.2 Å². The van der Waals surface area contributed by atoms with Crippen molar-refractivity contribution in [3.63, 3.8) is 0 Å². The van der Waals surface area contributed by atoms with Crippen molar-refractivity contribution in [3.05, 3.63) is 94.3 Å². The fraction of sp³-hybridized carbons (Fsp3) is 0.345. The van der Waals surface area contributed by atoms with Crippen molar-refractivity contribution in [3.8, 4) is 0 Å². The largest absolute Gasteiger partial charge is 0.329 e. The quantitative estimate of drug-likeness (QED) is 0.450. The number of amides is 2. The van der Waals surface area contributed by atoms with Gasteiger partial charge in [-0.15, -0.1) is 0 Å². The van der Waals surface area contributed by atoms with Crippen LogP contribution in [-0.2, 0) is 10.2 Å². The molecule has 0 saturated carbocycles. The molecule has 1 aliphatic rings. The molecule has 4 rings (SSSR count). The van der Waals surface area contributed by atoms with Gasteiger partial charge in [-0.2, -0.15) is 0 Å². The summed E-state index contributed by atoms with van der Waals surface area (Å²) in [6.45, 7) is 8.84. The molecule has 1 N–H and O–H groups in total. The second kappa shape index (κ2) is 10.2. The first-order chi connectivity index (χ1) is 16.6. The molecule has 182 valence electrons. The first-order valence-corrected chi connectivity index (χ1v) is 12.4. The topological polar surface area (TPSA) is 62.3 Å². The second-order valence-corrected chi connectivity index (χ2v) is 10.7. The van der Waals surface area contributed by atoms with Crippen molar-refractivity contribution in [1.29, 1.82) is 0 Å². The number of carbonyl (C=O) groups is 2. The molecule has 0 radical (unpaired) electrons. The number of rotatable bonds is 4. The lowest BCUT2D eigenvalue weighted by Gasteiger charge is -2.41. The molecule has 2 amide bonds. The van der Waals surface area contributed by atoms with Crippen molar-refractivity contribution < 1.29 is 9.59 Å². The summed E-state index contributed by atoms with van der Waals surface area (Å²) in [7, 11) is 0. The number of likely N-dealkylation sites (tertiary alicyclic amines) is 1. The molecule has 1 unspecified atom stereocenters. The number of carbonyl (C=O) groups excluding carboxylic acids is 2. The van der Waals surface area contributed by atoms with Gasteiger partial charge in [0, 0.05) is 18.4 Å². The number of hydrogen-bond acceptors (Lipinski definition) is 3. The normalized spacial score (nSPS) is 18.3. The van der Waals surface area contributed by atoms with Gasteiger partial charge in [-0.25, -0.2) is 4.98 Å². The fourth-order valence-corrected chi connectivity index (χ4v) is 4.97. The lowest BCUT2D eigenvalue weighted by Crippen LogP contribution is -2.46. The Balaban J connectivity index is 1.67. The molecular formula is C29H32ClN3O2. The van der Waals surface area contributed by atoms with Crippen LogP contribution in [0.1, 0.15) is 66.8 Å². The summed E-state index contributed by atoms with van der Waals surface area (Å²) in [4.78, 5) is 33.5. The average Bonchev–Trinajstić information content (AvgIpc) is 2.83. The van der Waals surface area contributed by atoms with Gasteiger partial charge in [0.1, 0.15) is 5.69 Å². The molecule has 0 spiro atoms. The van der Waals surface area contributed by atoms with E-state index in [0.29, 0.717) is 23.7 Å². The maximum atomic E-state index is 13.7. The highest BCUT2D eigenvalue weighted by Crippen LogP contribution is 2.38. The summed E-state index contributed by atoms with van der Waals surface area (Å²) in [6, 6.07) is 19.1. The number of pyridine rings is 1. The second-order valence-electron chi connectivity index (χ2n) is 10.2. The molecular weight excluding hydrogens is 458 g/mol. The van der Waals surface area contributed by atoms with Crippen LogP contribution in [0.25, 0.3) is 0 Å². The Bertz CT molecular complexity index is 1220. The lowest BCUT2D eigenvalue weighted by molar-refractivity contribution is -0.123. The van der Waals surface area contributed by atoms with E-state index in [0.717, 1.165) is 28.8 Å². The number of nitrogens with zero attached hydrogens (tertiary/aromatic N) is 2. The Labute approximate surface area is 212 Å². The molecule has 0 bridgehead atoms. The number of anilines is 1. The van der Waals surface area contributed by atoms with Crippen molar-refractivity contribution in [2.75, 3.05) is 11.9 Å². The number of benzene rings is 2. The van der Waals surface area contributed by atoms with Crippen molar-refractivity contribution >= 4 is 29.1 Å². The Kier molecular flexibility index (Phi) is 7.27. The highest BCUT2D eigenvalue weighted by molar-refractivity contribution is 6.30. The van der Waals surface area contributed by atoms with Gasteiger partial charge in [0.25, 0.3) is 5.91 Å². The monoisotopic (exact) mass is 489 g/mol.